The zero-order chi connectivity index (χ0) is 9.14. The first-order chi connectivity index (χ1) is 5.61. The monoisotopic (exact) mass is 232 g/mol. The van der Waals surface area contributed by atoms with E-state index in [1.54, 1.807) is 5.01 Å². The van der Waals surface area contributed by atoms with Crippen LogP contribution in [0.25, 0.3) is 0 Å². The van der Waals surface area contributed by atoms with E-state index in [1.807, 2.05) is 14.1 Å². The summed E-state index contributed by atoms with van der Waals surface area (Å²) in [6.45, 7) is 0. The Morgan fingerprint density at radius 3 is 2.92 bits per heavy atom. The van der Waals surface area contributed by atoms with Crippen LogP contribution in [0.2, 0.25) is 0 Å². The van der Waals surface area contributed by atoms with Crippen molar-refractivity contribution in [1.29, 1.82) is 0 Å². The second kappa shape index (κ2) is 3.68. The number of aromatic amines is 1. The van der Waals surface area contributed by atoms with Gasteiger partial charge in [-0.3, -0.25) is 4.79 Å². The molecule has 66 valence electrons. The topological polar surface area (TPSA) is 61.0 Å². The van der Waals surface area contributed by atoms with Crippen molar-refractivity contribution in [2.45, 2.75) is 0 Å². The number of nitrogens with zero attached hydrogens (tertiary/aromatic N) is 2. The Hall–Kier alpha value is -0.880. The molecule has 0 saturated heterocycles. The summed E-state index contributed by atoms with van der Waals surface area (Å²) < 4.78 is 0.402. The van der Waals surface area contributed by atoms with Crippen molar-refractivity contribution in [3.8, 4) is 0 Å². The van der Waals surface area contributed by atoms with Gasteiger partial charge in [0.15, 0.2) is 5.82 Å². The van der Waals surface area contributed by atoms with Gasteiger partial charge < -0.3 is 10.4 Å². The first kappa shape index (κ1) is 9.21. The fraction of sp³-hybridized carbons (Fsp3) is 0.333. The van der Waals surface area contributed by atoms with Crippen LogP contribution in [0.4, 0.5) is 5.82 Å². The van der Waals surface area contributed by atoms with Crippen LogP contribution in [0.3, 0.4) is 0 Å². The molecular weight excluding hydrogens is 224 g/mol. The maximum atomic E-state index is 11.0. The molecule has 0 fully saturated rings. The highest BCUT2D eigenvalue weighted by Crippen LogP contribution is 2.12. The van der Waals surface area contributed by atoms with Gasteiger partial charge in [0.25, 0.3) is 5.56 Å². The van der Waals surface area contributed by atoms with Crippen LogP contribution in [0.1, 0.15) is 0 Å². The van der Waals surface area contributed by atoms with E-state index in [2.05, 4.69) is 31.3 Å². The van der Waals surface area contributed by atoms with E-state index >= 15 is 0 Å². The Morgan fingerprint density at radius 2 is 2.33 bits per heavy atom. The maximum absolute atomic E-state index is 11.0. The van der Waals surface area contributed by atoms with E-state index < -0.39 is 0 Å². The van der Waals surface area contributed by atoms with Crippen molar-refractivity contribution in [2.24, 2.45) is 0 Å². The van der Waals surface area contributed by atoms with Gasteiger partial charge >= 0.3 is 0 Å². The molecule has 0 bridgehead atoms. The SMILES string of the molecule is CN(C)Nc1nc[nH]c(=O)c1Br. The van der Waals surface area contributed by atoms with Crippen LogP contribution < -0.4 is 11.0 Å². The van der Waals surface area contributed by atoms with Crippen LogP contribution in [-0.2, 0) is 0 Å². The molecule has 1 aromatic heterocycles. The first-order valence-electron chi connectivity index (χ1n) is 3.28. The third kappa shape index (κ3) is 2.05. The quantitative estimate of drug-likeness (QED) is 0.727. The molecule has 0 spiro atoms. The number of anilines is 1. The van der Waals surface area contributed by atoms with E-state index in [4.69, 9.17) is 0 Å². The largest absolute Gasteiger partial charge is 0.312 e. The molecule has 0 amide bonds. The van der Waals surface area contributed by atoms with E-state index in [0.717, 1.165) is 0 Å². The predicted octanol–water partition coefficient (Wildman–Crippen LogP) is 0.421. The molecule has 0 atom stereocenters. The molecule has 5 nitrogen and oxygen atoms in total. The Labute approximate surface area is 77.9 Å². The van der Waals surface area contributed by atoms with Gasteiger partial charge in [-0.2, -0.15) is 0 Å². The lowest BCUT2D eigenvalue weighted by Crippen LogP contribution is -2.23. The van der Waals surface area contributed by atoms with Crippen molar-refractivity contribution in [2.75, 3.05) is 19.5 Å². The Balaban J connectivity index is 3.00. The number of rotatable bonds is 2. The van der Waals surface area contributed by atoms with Crippen molar-refractivity contribution in [3.63, 3.8) is 0 Å². The smallest absolute Gasteiger partial charge is 0.267 e. The summed E-state index contributed by atoms with van der Waals surface area (Å²) in [5.41, 5.74) is 2.67. The van der Waals surface area contributed by atoms with E-state index in [9.17, 15) is 4.79 Å². The average molecular weight is 233 g/mol. The number of aromatic nitrogens is 2. The minimum atomic E-state index is -0.200. The summed E-state index contributed by atoms with van der Waals surface area (Å²) >= 11 is 3.11. The Morgan fingerprint density at radius 1 is 1.67 bits per heavy atom. The first-order valence-corrected chi connectivity index (χ1v) is 4.07. The molecule has 1 rings (SSSR count). The molecule has 0 aliphatic rings. The lowest BCUT2D eigenvalue weighted by atomic mass is 10.6. The fourth-order valence-corrected chi connectivity index (χ4v) is 0.978. The maximum Gasteiger partial charge on any atom is 0.267 e. The van der Waals surface area contributed by atoms with Crippen LogP contribution in [-0.4, -0.2) is 29.1 Å². The number of H-pyrrole nitrogens is 1. The summed E-state index contributed by atoms with van der Waals surface area (Å²) in [5, 5.41) is 1.70. The van der Waals surface area contributed by atoms with Gasteiger partial charge in [0.2, 0.25) is 0 Å². The second-order valence-electron chi connectivity index (χ2n) is 2.40. The number of hydrogen-bond donors (Lipinski definition) is 2. The van der Waals surface area contributed by atoms with E-state index in [-0.39, 0.29) is 5.56 Å². The molecule has 1 heterocycles. The second-order valence-corrected chi connectivity index (χ2v) is 3.19. The Kier molecular flexibility index (Phi) is 2.83. The standard InChI is InChI=1S/C6H9BrN4O/c1-11(2)10-5-4(7)6(12)9-3-8-5/h3H,1-2H3,(H2,8,9,10,12). The molecule has 0 aromatic carbocycles. The molecule has 1 aromatic rings. The molecule has 0 saturated carbocycles. The van der Waals surface area contributed by atoms with Crippen LogP contribution in [0.15, 0.2) is 15.6 Å². The molecule has 0 unspecified atom stereocenters. The molecule has 0 aliphatic heterocycles. The number of hydrazine groups is 1. The van der Waals surface area contributed by atoms with Crippen molar-refractivity contribution < 1.29 is 0 Å². The summed E-state index contributed by atoms with van der Waals surface area (Å²) in [4.78, 5) is 17.4. The third-order valence-electron chi connectivity index (χ3n) is 1.13. The lowest BCUT2D eigenvalue weighted by Gasteiger charge is -2.12. The van der Waals surface area contributed by atoms with Gasteiger partial charge in [0, 0.05) is 14.1 Å². The average Bonchev–Trinajstić information content (AvgIpc) is 1.98. The highest BCUT2D eigenvalue weighted by atomic mass is 79.9. The number of nitrogens with one attached hydrogen (secondary N) is 2. The Bertz CT molecular complexity index is 322. The highest BCUT2D eigenvalue weighted by Gasteiger charge is 2.04. The molecule has 6 heteroatoms. The van der Waals surface area contributed by atoms with Gasteiger partial charge in [0.05, 0.1) is 6.33 Å². The summed E-state index contributed by atoms with van der Waals surface area (Å²) in [5.74, 6) is 0.503. The number of hydrogen-bond acceptors (Lipinski definition) is 4. The highest BCUT2D eigenvalue weighted by molar-refractivity contribution is 9.10. The molecule has 0 aliphatic carbocycles. The lowest BCUT2D eigenvalue weighted by molar-refractivity contribution is 0.491. The van der Waals surface area contributed by atoms with Gasteiger partial charge in [-0.1, -0.05) is 0 Å². The van der Waals surface area contributed by atoms with Gasteiger partial charge in [-0.25, -0.2) is 9.99 Å². The minimum Gasteiger partial charge on any atom is -0.312 e. The van der Waals surface area contributed by atoms with Gasteiger partial charge in [-0.15, -0.1) is 0 Å². The zero-order valence-corrected chi connectivity index (χ0v) is 8.34. The summed E-state index contributed by atoms with van der Waals surface area (Å²) in [6.07, 6.45) is 1.35. The van der Waals surface area contributed by atoms with E-state index in [0.29, 0.717) is 10.3 Å². The van der Waals surface area contributed by atoms with Crippen LogP contribution >= 0.6 is 15.9 Å². The van der Waals surface area contributed by atoms with Crippen molar-refractivity contribution in [1.82, 2.24) is 15.0 Å². The molecule has 0 radical (unpaired) electrons. The summed E-state index contributed by atoms with van der Waals surface area (Å²) in [6, 6.07) is 0. The normalized spacial score (nSPS) is 10.3. The van der Waals surface area contributed by atoms with Gasteiger partial charge in [0.1, 0.15) is 4.47 Å². The van der Waals surface area contributed by atoms with Crippen molar-refractivity contribution >= 4 is 21.7 Å². The van der Waals surface area contributed by atoms with Gasteiger partial charge in [-0.05, 0) is 15.9 Å². The number of halogens is 1. The third-order valence-corrected chi connectivity index (χ3v) is 1.86. The molecule has 12 heavy (non-hydrogen) atoms. The van der Waals surface area contributed by atoms with Crippen LogP contribution in [0.5, 0.6) is 0 Å². The van der Waals surface area contributed by atoms with E-state index in [1.165, 1.54) is 6.33 Å². The molecule has 2 N–H and O–H groups in total. The molecular formula is C6H9BrN4O. The van der Waals surface area contributed by atoms with Crippen LogP contribution in [0, 0.1) is 0 Å². The van der Waals surface area contributed by atoms with Crippen molar-refractivity contribution in [3.05, 3.63) is 21.2 Å². The fourth-order valence-electron chi connectivity index (χ4n) is 0.673. The minimum absolute atomic E-state index is 0.200. The predicted molar refractivity (Wildman–Crippen MR) is 49.9 cm³/mol. The summed E-state index contributed by atoms with van der Waals surface area (Å²) in [7, 11) is 3.63. The zero-order valence-electron chi connectivity index (χ0n) is 6.76.